The molecule has 4 heteroatoms. The van der Waals surface area contributed by atoms with Gasteiger partial charge >= 0.3 is 0 Å². The SMILES string of the molecule is C=CCC(=O)Nc1ccc(F)c(N)c1. The Morgan fingerprint density at radius 2 is 2.36 bits per heavy atom. The van der Waals surface area contributed by atoms with Gasteiger partial charge < -0.3 is 11.1 Å². The van der Waals surface area contributed by atoms with Crippen molar-refractivity contribution in [2.75, 3.05) is 11.1 Å². The molecule has 0 fully saturated rings. The number of hydrogen-bond acceptors (Lipinski definition) is 2. The molecule has 0 aromatic heterocycles. The van der Waals surface area contributed by atoms with Crippen molar-refractivity contribution in [3.05, 3.63) is 36.7 Å². The first kappa shape index (κ1) is 10.2. The van der Waals surface area contributed by atoms with Crippen LogP contribution in [0.5, 0.6) is 0 Å². The largest absolute Gasteiger partial charge is 0.396 e. The summed E-state index contributed by atoms with van der Waals surface area (Å²) in [4.78, 5) is 11.1. The van der Waals surface area contributed by atoms with Gasteiger partial charge in [-0.3, -0.25) is 4.79 Å². The monoisotopic (exact) mass is 194 g/mol. The molecule has 0 aliphatic carbocycles. The van der Waals surface area contributed by atoms with Crippen molar-refractivity contribution in [2.24, 2.45) is 0 Å². The lowest BCUT2D eigenvalue weighted by molar-refractivity contribution is -0.115. The van der Waals surface area contributed by atoms with E-state index in [1.165, 1.54) is 24.3 Å². The van der Waals surface area contributed by atoms with Gasteiger partial charge in [0.1, 0.15) is 5.82 Å². The van der Waals surface area contributed by atoms with Gasteiger partial charge in [0, 0.05) is 12.1 Å². The van der Waals surface area contributed by atoms with Gasteiger partial charge in [-0.15, -0.1) is 6.58 Å². The third kappa shape index (κ3) is 2.58. The lowest BCUT2D eigenvalue weighted by atomic mass is 10.2. The van der Waals surface area contributed by atoms with Crippen molar-refractivity contribution in [2.45, 2.75) is 6.42 Å². The van der Waals surface area contributed by atoms with Crippen LogP contribution in [0.25, 0.3) is 0 Å². The van der Waals surface area contributed by atoms with E-state index >= 15 is 0 Å². The van der Waals surface area contributed by atoms with E-state index in [4.69, 9.17) is 5.73 Å². The molecule has 0 bridgehead atoms. The smallest absolute Gasteiger partial charge is 0.228 e. The Morgan fingerprint density at radius 3 is 2.93 bits per heavy atom. The number of amides is 1. The maximum absolute atomic E-state index is 12.7. The van der Waals surface area contributed by atoms with E-state index in [9.17, 15) is 9.18 Å². The van der Waals surface area contributed by atoms with Gasteiger partial charge in [0.2, 0.25) is 5.91 Å². The molecule has 0 saturated heterocycles. The first-order chi connectivity index (χ1) is 6.63. The summed E-state index contributed by atoms with van der Waals surface area (Å²) in [7, 11) is 0. The Hall–Kier alpha value is -1.84. The van der Waals surface area contributed by atoms with Gasteiger partial charge in [-0.25, -0.2) is 4.39 Å². The highest BCUT2D eigenvalue weighted by atomic mass is 19.1. The van der Waals surface area contributed by atoms with Crippen LogP contribution in [0.4, 0.5) is 15.8 Å². The molecule has 3 nitrogen and oxygen atoms in total. The zero-order valence-electron chi connectivity index (χ0n) is 7.59. The van der Waals surface area contributed by atoms with Gasteiger partial charge in [-0.2, -0.15) is 0 Å². The predicted octanol–water partition coefficient (Wildman–Crippen LogP) is 1.92. The Balaban J connectivity index is 2.72. The first-order valence-electron chi connectivity index (χ1n) is 4.09. The van der Waals surface area contributed by atoms with Crippen LogP contribution in [0.1, 0.15) is 6.42 Å². The number of nitrogens with two attached hydrogens (primary N) is 1. The zero-order chi connectivity index (χ0) is 10.6. The second kappa shape index (κ2) is 4.41. The molecule has 0 atom stereocenters. The van der Waals surface area contributed by atoms with Crippen LogP contribution in [0.15, 0.2) is 30.9 Å². The summed E-state index contributed by atoms with van der Waals surface area (Å²) < 4.78 is 12.7. The average molecular weight is 194 g/mol. The Labute approximate surface area is 81.4 Å². The fraction of sp³-hybridized carbons (Fsp3) is 0.100. The van der Waals surface area contributed by atoms with Crippen LogP contribution in [0, 0.1) is 5.82 Å². The van der Waals surface area contributed by atoms with E-state index in [1.54, 1.807) is 0 Å². The molecule has 14 heavy (non-hydrogen) atoms. The van der Waals surface area contributed by atoms with Crippen LogP contribution in [-0.2, 0) is 4.79 Å². The Morgan fingerprint density at radius 1 is 1.64 bits per heavy atom. The molecule has 0 heterocycles. The summed E-state index contributed by atoms with van der Waals surface area (Å²) in [5.41, 5.74) is 5.82. The molecule has 1 amide bonds. The molecule has 1 aromatic rings. The molecule has 0 aliphatic heterocycles. The second-order valence-electron chi connectivity index (χ2n) is 2.78. The second-order valence-corrected chi connectivity index (χ2v) is 2.78. The number of nitrogen functional groups attached to an aromatic ring is 1. The quantitative estimate of drug-likeness (QED) is 0.570. The fourth-order valence-electron chi connectivity index (χ4n) is 0.965. The summed E-state index contributed by atoms with van der Waals surface area (Å²) in [6.07, 6.45) is 1.71. The zero-order valence-corrected chi connectivity index (χ0v) is 7.59. The van der Waals surface area contributed by atoms with Crippen molar-refractivity contribution >= 4 is 17.3 Å². The van der Waals surface area contributed by atoms with Gasteiger partial charge in [0.25, 0.3) is 0 Å². The minimum atomic E-state index is -0.494. The normalized spacial score (nSPS) is 9.50. The first-order valence-corrected chi connectivity index (χ1v) is 4.09. The fourth-order valence-corrected chi connectivity index (χ4v) is 0.965. The molecule has 1 aromatic carbocycles. The number of carbonyl (C=O) groups is 1. The number of rotatable bonds is 3. The Bertz CT molecular complexity index is 363. The average Bonchev–Trinajstić information content (AvgIpc) is 2.12. The van der Waals surface area contributed by atoms with E-state index in [0.717, 1.165) is 0 Å². The van der Waals surface area contributed by atoms with E-state index in [2.05, 4.69) is 11.9 Å². The highest BCUT2D eigenvalue weighted by molar-refractivity contribution is 5.92. The van der Waals surface area contributed by atoms with Crippen LogP contribution in [0.3, 0.4) is 0 Å². The van der Waals surface area contributed by atoms with Crippen molar-refractivity contribution in [1.82, 2.24) is 0 Å². The van der Waals surface area contributed by atoms with Gasteiger partial charge in [0.15, 0.2) is 0 Å². The topological polar surface area (TPSA) is 55.1 Å². The third-order valence-electron chi connectivity index (χ3n) is 1.61. The molecular formula is C10H11FN2O. The number of nitrogens with one attached hydrogen (secondary N) is 1. The van der Waals surface area contributed by atoms with Crippen LogP contribution >= 0.6 is 0 Å². The Kier molecular flexibility index (Phi) is 3.23. The predicted molar refractivity (Wildman–Crippen MR) is 54.3 cm³/mol. The minimum Gasteiger partial charge on any atom is -0.396 e. The molecule has 0 unspecified atom stereocenters. The highest BCUT2D eigenvalue weighted by Gasteiger charge is 2.02. The van der Waals surface area contributed by atoms with E-state index in [1.807, 2.05) is 0 Å². The molecule has 0 radical (unpaired) electrons. The van der Waals surface area contributed by atoms with Gasteiger partial charge in [-0.05, 0) is 18.2 Å². The van der Waals surface area contributed by atoms with E-state index < -0.39 is 5.82 Å². The lowest BCUT2D eigenvalue weighted by Gasteiger charge is -2.04. The molecule has 3 N–H and O–H groups in total. The standard InChI is InChI=1S/C10H11FN2O/c1-2-3-10(14)13-7-4-5-8(11)9(12)6-7/h2,4-6H,1,3,12H2,(H,13,14). The van der Waals surface area contributed by atoms with Gasteiger partial charge in [-0.1, -0.05) is 6.08 Å². The number of carbonyl (C=O) groups excluding carboxylic acids is 1. The molecule has 0 spiro atoms. The van der Waals surface area contributed by atoms with Crippen molar-refractivity contribution < 1.29 is 9.18 Å². The molecule has 0 aliphatic rings. The number of hydrogen-bond donors (Lipinski definition) is 2. The lowest BCUT2D eigenvalue weighted by Crippen LogP contribution is -2.10. The van der Waals surface area contributed by atoms with E-state index in [-0.39, 0.29) is 18.0 Å². The third-order valence-corrected chi connectivity index (χ3v) is 1.61. The summed E-state index contributed by atoms with van der Waals surface area (Å²) >= 11 is 0. The molecule has 74 valence electrons. The van der Waals surface area contributed by atoms with E-state index in [0.29, 0.717) is 5.69 Å². The summed E-state index contributed by atoms with van der Waals surface area (Å²) in [5.74, 6) is -0.697. The van der Waals surface area contributed by atoms with Gasteiger partial charge in [0.05, 0.1) is 5.69 Å². The summed E-state index contributed by atoms with van der Waals surface area (Å²) in [6, 6.07) is 4.03. The number of anilines is 2. The van der Waals surface area contributed by atoms with Crippen LogP contribution < -0.4 is 11.1 Å². The maximum atomic E-state index is 12.7. The molecular weight excluding hydrogens is 183 g/mol. The highest BCUT2D eigenvalue weighted by Crippen LogP contribution is 2.16. The molecule has 1 rings (SSSR count). The van der Waals surface area contributed by atoms with Crippen LogP contribution in [-0.4, -0.2) is 5.91 Å². The van der Waals surface area contributed by atoms with Crippen molar-refractivity contribution in [3.8, 4) is 0 Å². The van der Waals surface area contributed by atoms with Crippen molar-refractivity contribution in [1.29, 1.82) is 0 Å². The molecule has 0 saturated carbocycles. The maximum Gasteiger partial charge on any atom is 0.228 e. The number of benzene rings is 1. The minimum absolute atomic E-state index is 0.0152. The summed E-state index contributed by atoms with van der Waals surface area (Å²) in [5, 5.41) is 2.55. The summed E-state index contributed by atoms with van der Waals surface area (Å²) in [6.45, 7) is 3.43. The number of halogens is 1. The van der Waals surface area contributed by atoms with Crippen LogP contribution in [0.2, 0.25) is 0 Å². The van der Waals surface area contributed by atoms with Crippen molar-refractivity contribution in [3.63, 3.8) is 0 Å².